The number of carbonyl (C=O) groups excluding carboxylic acids is 1. The van der Waals surface area contributed by atoms with Crippen LogP contribution in [0.25, 0.3) is 21.7 Å². The first-order valence-corrected chi connectivity index (χ1v) is 6.12. The molecule has 0 aliphatic rings. The van der Waals surface area contributed by atoms with Crippen molar-refractivity contribution in [2.75, 3.05) is 6.61 Å². The number of aromatic nitrogens is 1. The van der Waals surface area contributed by atoms with Gasteiger partial charge in [0.15, 0.2) is 11.4 Å². The summed E-state index contributed by atoms with van der Waals surface area (Å²) in [6.45, 7) is 2.00. The molecule has 0 spiro atoms. The van der Waals surface area contributed by atoms with Crippen molar-refractivity contribution in [3.63, 3.8) is 0 Å². The molecule has 1 aromatic heterocycles. The van der Waals surface area contributed by atoms with Crippen molar-refractivity contribution in [3.8, 4) is 5.75 Å². The Bertz CT molecular complexity index is 774. The third kappa shape index (κ3) is 1.73. The molecule has 0 radical (unpaired) electrons. The van der Waals surface area contributed by atoms with Gasteiger partial charge in [-0.25, -0.2) is 4.79 Å². The van der Waals surface area contributed by atoms with Gasteiger partial charge in [-0.3, -0.25) is 0 Å². The first-order chi connectivity index (χ1) is 9.22. The lowest BCUT2D eigenvalue weighted by molar-refractivity contribution is 0.0517. The van der Waals surface area contributed by atoms with E-state index in [1.807, 2.05) is 36.4 Å². The first-order valence-electron chi connectivity index (χ1n) is 6.12. The quantitative estimate of drug-likeness (QED) is 0.691. The number of fused-ring (bicyclic) bond motifs is 3. The molecule has 2 aromatic carbocycles. The summed E-state index contributed by atoms with van der Waals surface area (Å²) in [6, 6.07) is 11.5. The van der Waals surface area contributed by atoms with E-state index in [0.717, 1.165) is 16.3 Å². The third-order valence-electron chi connectivity index (χ3n) is 3.14. The molecule has 0 saturated heterocycles. The maximum atomic E-state index is 11.8. The van der Waals surface area contributed by atoms with Crippen LogP contribution >= 0.6 is 0 Å². The SMILES string of the molecule is CCOC(=O)c1[nH]c2ccc3ccccc3c2c1O. The van der Waals surface area contributed by atoms with Crippen LogP contribution in [-0.2, 0) is 4.74 Å². The monoisotopic (exact) mass is 255 g/mol. The van der Waals surface area contributed by atoms with Crippen molar-refractivity contribution < 1.29 is 14.6 Å². The smallest absolute Gasteiger partial charge is 0.358 e. The lowest BCUT2D eigenvalue weighted by Crippen LogP contribution is -2.04. The number of hydrogen-bond acceptors (Lipinski definition) is 3. The maximum Gasteiger partial charge on any atom is 0.358 e. The van der Waals surface area contributed by atoms with Gasteiger partial charge in [0.05, 0.1) is 17.5 Å². The van der Waals surface area contributed by atoms with Gasteiger partial charge in [0.1, 0.15) is 0 Å². The second-order valence-corrected chi connectivity index (χ2v) is 4.28. The minimum atomic E-state index is -0.541. The molecule has 3 aromatic rings. The number of nitrogens with one attached hydrogen (secondary N) is 1. The zero-order valence-electron chi connectivity index (χ0n) is 10.4. The molecule has 4 nitrogen and oxygen atoms in total. The summed E-state index contributed by atoms with van der Waals surface area (Å²) < 4.78 is 4.92. The average molecular weight is 255 g/mol. The van der Waals surface area contributed by atoms with E-state index in [1.165, 1.54) is 0 Å². The highest BCUT2D eigenvalue weighted by Gasteiger charge is 2.19. The normalized spacial score (nSPS) is 11.0. The molecule has 0 aliphatic carbocycles. The predicted octanol–water partition coefficient (Wildman–Crippen LogP) is 3.20. The summed E-state index contributed by atoms with van der Waals surface area (Å²) in [5.41, 5.74) is 0.826. The molecule has 1 heterocycles. The Balaban J connectivity index is 2.32. The van der Waals surface area contributed by atoms with Crippen molar-refractivity contribution in [2.24, 2.45) is 0 Å². The zero-order valence-corrected chi connectivity index (χ0v) is 10.4. The molecule has 0 aliphatic heterocycles. The Kier molecular flexibility index (Phi) is 2.63. The number of benzene rings is 2. The molecule has 3 rings (SSSR count). The van der Waals surface area contributed by atoms with Crippen molar-refractivity contribution in [1.82, 2.24) is 4.98 Å². The Morgan fingerprint density at radius 3 is 2.84 bits per heavy atom. The number of aromatic amines is 1. The van der Waals surface area contributed by atoms with Gasteiger partial charge < -0.3 is 14.8 Å². The summed E-state index contributed by atoms with van der Waals surface area (Å²) in [6.07, 6.45) is 0. The lowest BCUT2D eigenvalue weighted by Gasteiger charge is -2.00. The molecule has 96 valence electrons. The van der Waals surface area contributed by atoms with E-state index in [0.29, 0.717) is 5.39 Å². The van der Waals surface area contributed by atoms with Crippen molar-refractivity contribution in [1.29, 1.82) is 0 Å². The van der Waals surface area contributed by atoms with Crippen LogP contribution in [0.5, 0.6) is 5.75 Å². The van der Waals surface area contributed by atoms with Crippen LogP contribution in [0.15, 0.2) is 36.4 Å². The number of aromatic hydroxyl groups is 1. The molecule has 0 amide bonds. The van der Waals surface area contributed by atoms with E-state index >= 15 is 0 Å². The van der Waals surface area contributed by atoms with Gasteiger partial charge in [-0.1, -0.05) is 30.3 Å². The molecule has 0 atom stereocenters. The standard InChI is InChI=1S/C15H13NO3/c1-2-19-15(18)13-14(17)12-10-6-4-3-5-9(10)7-8-11(12)16-13/h3-8,16-17H,2H2,1H3. The topological polar surface area (TPSA) is 62.3 Å². The highest BCUT2D eigenvalue weighted by atomic mass is 16.5. The van der Waals surface area contributed by atoms with Gasteiger partial charge in [0.25, 0.3) is 0 Å². The van der Waals surface area contributed by atoms with E-state index in [2.05, 4.69) is 4.98 Å². The molecular formula is C15H13NO3. The van der Waals surface area contributed by atoms with Crippen LogP contribution in [0.3, 0.4) is 0 Å². The van der Waals surface area contributed by atoms with E-state index < -0.39 is 5.97 Å². The zero-order chi connectivity index (χ0) is 13.4. The van der Waals surface area contributed by atoms with E-state index in [1.54, 1.807) is 6.92 Å². The number of H-pyrrole nitrogens is 1. The Morgan fingerprint density at radius 1 is 1.26 bits per heavy atom. The second kappa shape index (κ2) is 4.31. The van der Waals surface area contributed by atoms with Gasteiger partial charge in [-0.05, 0) is 23.8 Å². The van der Waals surface area contributed by atoms with E-state index in [9.17, 15) is 9.90 Å². The lowest BCUT2D eigenvalue weighted by atomic mass is 10.1. The second-order valence-electron chi connectivity index (χ2n) is 4.28. The molecule has 0 saturated carbocycles. The van der Waals surface area contributed by atoms with Crippen molar-refractivity contribution in [3.05, 3.63) is 42.1 Å². The molecule has 2 N–H and O–H groups in total. The summed E-state index contributed by atoms with van der Waals surface area (Å²) >= 11 is 0. The third-order valence-corrected chi connectivity index (χ3v) is 3.14. The molecular weight excluding hydrogens is 242 g/mol. The number of hydrogen-bond donors (Lipinski definition) is 2. The maximum absolute atomic E-state index is 11.8. The molecule has 0 bridgehead atoms. The Hall–Kier alpha value is -2.49. The highest BCUT2D eigenvalue weighted by molar-refractivity contribution is 6.13. The number of carbonyl (C=O) groups is 1. The van der Waals surface area contributed by atoms with Gasteiger partial charge >= 0.3 is 5.97 Å². The average Bonchev–Trinajstić information content (AvgIpc) is 2.77. The Morgan fingerprint density at radius 2 is 2.05 bits per heavy atom. The minimum Gasteiger partial charge on any atom is -0.505 e. The van der Waals surface area contributed by atoms with E-state index in [4.69, 9.17) is 4.74 Å². The van der Waals surface area contributed by atoms with Gasteiger partial charge in [-0.15, -0.1) is 0 Å². The fraction of sp³-hybridized carbons (Fsp3) is 0.133. The Labute approximate surface area is 109 Å². The fourth-order valence-corrected chi connectivity index (χ4v) is 2.30. The molecule has 19 heavy (non-hydrogen) atoms. The van der Waals surface area contributed by atoms with Crippen LogP contribution in [0.1, 0.15) is 17.4 Å². The van der Waals surface area contributed by atoms with Crippen molar-refractivity contribution >= 4 is 27.6 Å². The van der Waals surface area contributed by atoms with Crippen LogP contribution in [0.2, 0.25) is 0 Å². The van der Waals surface area contributed by atoms with Crippen LogP contribution in [0, 0.1) is 0 Å². The summed E-state index contributed by atoms with van der Waals surface area (Å²) in [7, 11) is 0. The number of esters is 1. The first kappa shape index (κ1) is 11.6. The summed E-state index contributed by atoms with van der Waals surface area (Å²) in [5.74, 6) is -0.592. The van der Waals surface area contributed by atoms with Crippen molar-refractivity contribution in [2.45, 2.75) is 6.92 Å². The van der Waals surface area contributed by atoms with Gasteiger partial charge in [0, 0.05) is 0 Å². The number of ether oxygens (including phenoxy) is 1. The highest BCUT2D eigenvalue weighted by Crippen LogP contribution is 2.35. The fourth-order valence-electron chi connectivity index (χ4n) is 2.30. The van der Waals surface area contributed by atoms with E-state index in [-0.39, 0.29) is 18.1 Å². The minimum absolute atomic E-state index is 0.0507. The molecule has 0 fully saturated rings. The molecule has 0 unspecified atom stereocenters. The predicted molar refractivity (Wildman–Crippen MR) is 73.4 cm³/mol. The van der Waals surface area contributed by atoms with Gasteiger partial charge in [-0.2, -0.15) is 0 Å². The van der Waals surface area contributed by atoms with Crippen LogP contribution < -0.4 is 0 Å². The number of rotatable bonds is 2. The van der Waals surface area contributed by atoms with Gasteiger partial charge in [0.2, 0.25) is 0 Å². The van der Waals surface area contributed by atoms with Crippen LogP contribution in [-0.4, -0.2) is 22.7 Å². The summed E-state index contributed by atoms with van der Waals surface area (Å²) in [5, 5.41) is 12.8. The summed E-state index contributed by atoms with van der Waals surface area (Å²) in [4.78, 5) is 14.7. The largest absolute Gasteiger partial charge is 0.505 e. The molecule has 4 heteroatoms. The van der Waals surface area contributed by atoms with Crippen LogP contribution in [0.4, 0.5) is 0 Å².